The zero-order valence-corrected chi connectivity index (χ0v) is 12.7. The number of nitrogens with zero attached hydrogens (tertiary/aromatic N) is 1. The molecule has 0 aliphatic carbocycles. The number of ether oxygens (including phenoxy) is 1. The lowest BCUT2D eigenvalue weighted by atomic mass is 10.1. The van der Waals surface area contributed by atoms with Gasteiger partial charge in [0.1, 0.15) is 0 Å². The third-order valence-electron chi connectivity index (χ3n) is 3.30. The Bertz CT molecular complexity index is 397. The van der Waals surface area contributed by atoms with Crippen LogP contribution in [0.3, 0.4) is 0 Å². The number of benzene rings is 1. The molecule has 18 heavy (non-hydrogen) atoms. The highest BCUT2D eigenvalue weighted by Gasteiger charge is 2.19. The zero-order chi connectivity index (χ0) is 13.0. The van der Waals surface area contributed by atoms with E-state index in [1.165, 1.54) is 15.7 Å². The van der Waals surface area contributed by atoms with Crippen molar-refractivity contribution in [2.45, 2.75) is 26.4 Å². The SMILES string of the molecule is CCNCc1ccc(N2CCOCC2C)cc1Br. The molecular weight excluding hydrogens is 292 g/mol. The molecule has 100 valence electrons. The van der Waals surface area contributed by atoms with E-state index in [-0.39, 0.29) is 0 Å². The summed E-state index contributed by atoms with van der Waals surface area (Å²) in [7, 11) is 0. The molecule has 1 fully saturated rings. The van der Waals surface area contributed by atoms with E-state index >= 15 is 0 Å². The Kier molecular flexibility index (Phi) is 5.03. The summed E-state index contributed by atoms with van der Waals surface area (Å²) in [5, 5.41) is 3.35. The van der Waals surface area contributed by atoms with Crippen molar-refractivity contribution in [3.05, 3.63) is 28.2 Å². The second-order valence-corrected chi connectivity index (χ2v) is 5.53. The minimum absolute atomic E-state index is 0.449. The molecule has 4 heteroatoms. The van der Waals surface area contributed by atoms with Gasteiger partial charge in [-0.05, 0) is 31.2 Å². The van der Waals surface area contributed by atoms with E-state index in [0.29, 0.717) is 6.04 Å². The molecule has 0 saturated carbocycles. The molecule has 1 aromatic carbocycles. The van der Waals surface area contributed by atoms with Crippen molar-refractivity contribution in [1.82, 2.24) is 5.32 Å². The molecule has 1 unspecified atom stereocenters. The largest absolute Gasteiger partial charge is 0.377 e. The molecule has 1 N–H and O–H groups in total. The smallest absolute Gasteiger partial charge is 0.0668 e. The number of rotatable bonds is 4. The number of halogens is 1. The Labute approximate surface area is 118 Å². The molecular formula is C14H21BrN2O. The van der Waals surface area contributed by atoms with Crippen molar-refractivity contribution in [2.24, 2.45) is 0 Å². The molecule has 1 aromatic rings. The topological polar surface area (TPSA) is 24.5 Å². The fourth-order valence-corrected chi connectivity index (χ4v) is 2.74. The third-order valence-corrected chi connectivity index (χ3v) is 4.04. The number of nitrogens with one attached hydrogen (secondary N) is 1. The summed E-state index contributed by atoms with van der Waals surface area (Å²) >= 11 is 3.67. The van der Waals surface area contributed by atoms with E-state index in [1.807, 2.05) is 0 Å². The van der Waals surface area contributed by atoms with Crippen molar-refractivity contribution in [3.8, 4) is 0 Å². The van der Waals surface area contributed by atoms with Gasteiger partial charge in [0.2, 0.25) is 0 Å². The van der Waals surface area contributed by atoms with Gasteiger partial charge in [-0.2, -0.15) is 0 Å². The van der Waals surface area contributed by atoms with Crippen molar-refractivity contribution < 1.29 is 4.74 Å². The summed E-state index contributed by atoms with van der Waals surface area (Å²) in [6.07, 6.45) is 0. The molecule has 1 saturated heterocycles. The average molecular weight is 313 g/mol. The van der Waals surface area contributed by atoms with Gasteiger partial charge in [-0.25, -0.2) is 0 Å². The van der Waals surface area contributed by atoms with Crippen molar-refractivity contribution >= 4 is 21.6 Å². The van der Waals surface area contributed by atoms with Gasteiger partial charge in [0, 0.05) is 29.3 Å². The van der Waals surface area contributed by atoms with Crippen molar-refractivity contribution in [2.75, 3.05) is 31.2 Å². The van der Waals surface area contributed by atoms with Crippen LogP contribution in [0.5, 0.6) is 0 Å². The monoisotopic (exact) mass is 312 g/mol. The normalized spacial score (nSPS) is 20.2. The molecule has 0 spiro atoms. The Hall–Kier alpha value is -0.580. The second kappa shape index (κ2) is 6.55. The van der Waals surface area contributed by atoms with Gasteiger partial charge in [0.05, 0.1) is 13.2 Å². The summed E-state index contributed by atoms with van der Waals surface area (Å²) in [5.41, 5.74) is 2.58. The van der Waals surface area contributed by atoms with E-state index in [9.17, 15) is 0 Å². The molecule has 1 aliphatic rings. The molecule has 0 aromatic heterocycles. The predicted octanol–water partition coefficient (Wildman–Crippen LogP) is 2.78. The number of hydrogen-bond acceptors (Lipinski definition) is 3. The Balaban J connectivity index is 2.12. The maximum atomic E-state index is 5.48. The number of hydrogen-bond donors (Lipinski definition) is 1. The molecule has 1 atom stereocenters. The number of morpholine rings is 1. The van der Waals surface area contributed by atoms with Gasteiger partial charge in [-0.1, -0.05) is 28.9 Å². The highest BCUT2D eigenvalue weighted by Crippen LogP contribution is 2.26. The Morgan fingerprint density at radius 1 is 1.50 bits per heavy atom. The van der Waals surface area contributed by atoms with E-state index in [4.69, 9.17) is 4.74 Å². The van der Waals surface area contributed by atoms with Gasteiger partial charge < -0.3 is 15.0 Å². The molecule has 3 nitrogen and oxygen atoms in total. The molecule has 2 rings (SSSR count). The predicted molar refractivity (Wildman–Crippen MR) is 79.1 cm³/mol. The Morgan fingerprint density at radius 3 is 3.00 bits per heavy atom. The van der Waals surface area contributed by atoms with E-state index < -0.39 is 0 Å². The first kappa shape index (κ1) is 13.8. The van der Waals surface area contributed by atoms with Crippen LogP contribution in [-0.2, 0) is 11.3 Å². The third kappa shape index (κ3) is 3.25. The summed E-state index contributed by atoms with van der Waals surface area (Å²) in [6.45, 7) is 8.85. The first-order valence-electron chi connectivity index (χ1n) is 6.56. The molecule has 0 bridgehead atoms. The van der Waals surface area contributed by atoms with E-state index in [1.54, 1.807) is 0 Å². The lowest BCUT2D eigenvalue weighted by Gasteiger charge is -2.35. The van der Waals surface area contributed by atoms with Crippen LogP contribution in [0, 0.1) is 0 Å². The highest BCUT2D eigenvalue weighted by molar-refractivity contribution is 9.10. The Morgan fingerprint density at radius 2 is 2.33 bits per heavy atom. The fourth-order valence-electron chi connectivity index (χ4n) is 2.23. The molecule has 0 amide bonds. The van der Waals surface area contributed by atoms with Gasteiger partial charge in [-0.15, -0.1) is 0 Å². The molecule has 0 radical (unpaired) electrons. The van der Waals surface area contributed by atoms with Crippen LogP contribution in [0.2, 0.25) is 0 Å². The van der Waals surface area contributed by atoms with Gasteiger partial charge in [0.25, 0.3) is 0 Å². The maximum absolute atomic E-state index is 5.48. The second-order valence-electron chi connectivity index (χ2n) is 4.67. The standard InChI is InChI=1S/C14H21BrN2O/c1-3-16-9-12-4-5-13(8-14(12)15)17-6-7-18-10-11(17)2/h4-5,8,11,16H,3,6-7,9-10H2,1-2H3. The van der Waals surface area contributed by atoms with Crippen LogP contribution in [0.4, 0.5) is 5.69 Å². The van der Waals surface area contributed by atoms with E-state index in [0.717, 1.165) is 32.8 Å². The lowest BCUT2D eigenvalue weighted by Crippen LogP contribution is -2.43. The fraction of sp³-hybridized carbons (Fsp3) is 0.571. The molecule has 1 heterocycles. The van der Waals surface area contributed by atoms with Gasteiger partial charge >= 0.3 is 0 Å². The highest BCUT2D eigenvalue weighted by atomic mass is 79.9. The summed E-state index contributed by atoms with van der Waals surface area (Å²) < 4.78 is 6.66. The van der Waals surface area contributed by atoms with Gasteiger partial charge in [0.15, 0.2) is 0 Å². The van der Waals surface area contributed by atoms with Gasteiger partial charge in [-0.3, -0.25) is 0 Å². The first-order chi connectivity index (χ1) is 8.72. The average Bonchev–Trinajstić information content (AvgIpc) is 2.38. The summed E-state index contributed by atoms with van der Waals surface area (Å²) in [5.74, 6) is 0. The maximum Gasteiger partial charge on any atom is 0.0668 e. The van der Waals surface area contributed by atoms with Crippen LogP contribution in [-0.4, -0.2) is 32.3 Å². The van der Waals surface area contributed by atoms with E-state index in [2.05, 4.69) is 58.2 Å². The van der Waals surface area contributed by atoms with Crippen molar-refractivity contribution in [3.63, 3.8) is 0 Å². The summed E-state index contributed by atoms with van der Waals surface area (Å²) in [4.78, 5) is 2.41. The first-order valence-corrected chi connectivity index (χ1v) is 7.35. The van der Waals surface area contributed by atoms with Crippen LogP contribution in [0.15, 0.2) is 22.7 Å². The summed E-state index contributed by atoms with van der Waals surface area (Å²) in [6, 6.07) is 7.07. The van der Waals surface area contributed by atoms with Crippen LogP contribution < -0.4 is 10.2 Å². The lowest BCUT2D eigenvalue weighted by molar-refractivity contribution is 0.0989. The minimum Gasteiger partial charge on any atom is -0.377 e. The minimum atomic E-state index is 0.449. The number of anilines is 1. The quantitative estimate of drug-likeness (QED) is 0.925. The molecule has 1 aliphatic heterocycles. The van der Waals surface area contributed by atoms with Crippen LogP contribution >= 0.6 is 15.9 Å². The van der Waals surface area contributed by atoms with Crippen LogP contribution in [0.1, 0.15) is 19.4 Å². The van der Waals surface area contributed by atoms with Crippen LogP contribution in [0.25, 0.3) is 0 Å². The van der Waals surface area contributed by atoms with Crippen molar-refractivity contribution in [1.29, 1.82) is 0 Å². The zero-order valence-electron chi connectivity index (χ0n) is 11.1.